The lowest BCUT2D eigenvalue weighted by molar-refractivity contribution is -0.140. The van der Waals surface area contributed by atoms with E-state index >= 15 is 0 Å². The Morgan fingerprint density at radius 3 is 2.67 bits per heavy atom. The maximum absolute atomic E-state index is 11.8. The van der Waals surface area contributed by atoms with Gasteiger partial charge in [0.05, 0.1) is 12.2 Å². The lowest BCUT2D eigenvalue weighted by Gasteiger charge is -2.03. The molecule has 0 bridgehead atoms. The minimum atomic E-state index is -0.868. The molecule has 0 aliphatic heterocycles. The monoisotopic (exact) mass is 176 g/mol. The summed E-state index contributed by atoms with van der Waals surface area (Å²) in [5.41, 5.74) is -0.161. The van der Waals surface area contributed by atoms with Crippen LogP contribution >= 0.6 is 0 Å². The van der Waals surface area contributed by atoms with Gasteiger partial charge in [0.25, 0.3) is 0 Å². The molecule has 0 heterocycles. The van der Waals surface area contributed by atoms with Crippen LogP contribution in [-0.4, -0.2) is 32.5 Å². The van der Waals surface area contributed by atoms with Crippen LogP contribution in [0.2, 0.25) is 0 Å². The topological polar surface area (TPSA) is 35.5 Å². The van der Waals surface area contributed by atoms with Gasteiger partial charge in [0.1, 0.15) is 13.3 Å². The van der Waals surface area contributed by atoms with E-state index in [1.807, 2.05) is 6.92 Å². The summed E-state index contributed by atoms with van der Waals surface area (Å²) in [4.78, 5) is 10.7. The maximum atomic E-state index is 11.8. The van der Waals surface area contributed by atoms with Crippen LogP contribution in [0.1, 0.15) is 6.92 Å². The molecule has 0 unspecified atom stereocenters. The Balaban J connectivity index is 3.38. The predicted molar refractivity (Wildman–Crippen MR) is 42.6 cm³/mol. The van der Waals surface area contributed by atoms with Gasteiger partial charge in [-0.1, -0.05) is 6.58 Å². The van der Waals surface area contributed by atoms with E-state index in [4.69, 9.17) is 4.74 Å². The van der Waals surface area contributed by atoms with Crippen molar-refractivity contribution in [3.63, 3.8) is 0 Å². The van der Waals surface area contributed by atoms with Crippen LogP contribution in [0.15, 0.2) is 12.2 Å². The lowest BCUT2D eigenvalue weighted by Crippen LogP contribution is -2.12. The Kier molecular flexibility index (Phi) is 6.28. The largest absolute Gasteiger partial charge is 0.460 e. The fraction of sp³-hybridized carbons (Fsp3) is 0.625. The van der Waals surface area contributed by atoms with Crippen molar-refractivity contribution in [2.45, 2.75) is 6.92 Å². The number of ether oxygens (including phenoxy) is 2. The molecule has 0 saturated heterocycles. The van der Waals surface area contributed by atoms with Gasteiger partial charge in [-0.15, -0.1) is 0 Å². The van der Waals surface area contributed by atoms with Crippen molar-refractivity contribution in [2.75, 3.05) is 26.5 Å². The van der Waals surface area contributed by atoms with Gasteiger partial charge in [0.15, 0.2) is 0 Å². The number of halogens is 1. The molecule has 0 fully saturated rings. The van der Waals surface area contributed by atoms with Crippen LogP contribution in [-0.2, 0) is 14.3 Å². The van der Waals surface area contributed by atoms with Gasteiger partial charge in [0, 0.05) is 6.61 Å². The Morgan fingerprint density at radius 2 is 2.17 bits per heavy atom. The molecule has 0 aromatic rings. The summed E-state index contributed by atoms with van der Waals surface area (Å²) < 4.78 is 21.3. The number of rotatable bonds is 6. The number of hydrogen-bond donors (Lipinski definition) is 0. The second kappa shape index (κ2) is 6.79. The fourth-order valence-electron chi connectivity index (χ4n) is 0.494. The van der Waals surface area contributed by atoms with Gasteiger partial charge in [0.2, 0.25) is 0 Å². The van der Waals surface area contributed by atoms with Crippen LogP contribution in [0.25, 0.3) is 0 Å². The third-order valence-electron chi connectivity index (χ3n) is 1.11. The Morgan fingerprint density at radius 1 is 1.50 bits per heavy atom. The molecule has 0 aromatic carbocycles. The Labute approximate surface area is 71.2 Å². The first-order valence-electron chi connectivity index (χ1n) is 3.71. The SMILES string of the molecule is C=C(CF)C(=O)OCCOCC. The summed E-state index contributed by atoms with van der Waals surface area (Å²) in [5.74, 6) is -0.697. The summed E-state index contributed by atoms with van der Waals surface area (Å²) in [6.45, 7) is 5.20. The molecule has 0 rings (SSSR count). The maximum Gasteiger partial charge on any atom is 0.336 e. The zero-order valence-corrected chi connectivity index (χ0v) is 7.14. The molecule has 0 amide bonds. The normalized spacial score (nSPS) is 9.50. The number of hydrogen-bond acceptors (Lipinski definition) is 3. The van der Waals surface area contributed by atoms with Crippen molar-refractivity contribution in [3.05, 3.63) is 12.2 Å². The standard InChI is InChI=1S/C8H13FO3/c1-3-11-4-5-12-8(10)7(2)6-9/h2-6H2,1H3. The molecule has 0 saturated carbocycles. The third-order valence-corrected chi connectivity index (χ3v) is 1.11. The summed E-state index contributed by atoms with van der Waals surface area (Å²) in [5, 5.41) is 0. The predicted octanol–water partition coefficient (Wildman–Crippen LogP) is 1.09. The summed E-state index contributed by atoms with van der Waals surface area (Å²) in [7, 11) is 0. The molecule has 3 nitrogen and oxygen atoms in total. The molecule has 0 atom stereocenters. The number of alkyl halides is 1. The van der Waals surface area contributed by atoms with E-state index in [0.29, 0.717) is 13.2 Å². The van der Waals surface area contributed by atoms with Crippen LogP contribution < -0.4 is 0 Å². The molecular formula is C8H13FO3. The van der Waals surface area contributed by atoms with Gasteiger partial charge >= 0.3 is 5.97 Å². The van der Waals surface area contributed by atoms with Crippen molar-refractivity contribution >= 4 is 5.97 Å². The first kappa shape index (κ1) is 11.1. The summed E-state index contributed by atoms with van der Waals surface area (Å²) >= 11 is 0. The van der Waals surface area contributed by atoms with Gasteiger partial charge in [-0.05, 0) is 6.92 Å². The van der Waals surface area contributed by atoms with Crippen LogP contribution in [0.4, 0.5) is 4.39 Å². The molecule has 0 aromatic heterocycles. The van der Waals surface area contributed by atoms with Crippen LogP contribution in [0.3, 0.4) is 0 Å². The molecule has 0 spiro atoms. The number of carbonyl (C=O) groups excluding carboxylic acids is 1. The molecular weight excluding hydrogens is 163 g/mol. The zero-order chi connectivity index (χ0) is 9.40. The highest BCUT2D eigenvalue weighted by molar-refractivity contribution is 5.87. The van der Waals surface area contributed by atoms with Crippen molar-refractivity contribution in [1.82, 2.24) is 0 Å². The second-order valence-corrected chi connectivity index (χ2v) is 2.07. The fourth-order valence-corrected chi connectivity index (χ4v) is 0.494. The highest BCUT2D eigenvalue weighted by Gasteiger charge is 2.06. The lowest BCUT2D eigenvalue weighted by atomic mass is 10.3. The molecule has 0 aliphatic rings. The average Bonchev–Trinajstić information content (AvgIpc) is 2.10. The quantitative estimate of drug-likeness (QED) is 0.345. The van der Waals surface area contributed by atoms with Crippen molar-refractivity contribution in [2.24, 2.45) is 0 Å². The number of carbonyl (C=O) groups is 1. The molecule has 12 heavy (non-hydrogen) atoms. The van der Waals surface area contributed by atoms with E-state index in [1.165, 1.54) is 0 Å². The minimum Gasteiger partial charge on any atom is -0.460 e. The zero-order valence-electron chi connectivity index (χ0n) is 7.14. The van der Waals surface area contributed by atoms with Crippen LogP contribution in [0.5, 0.6) is 0 Å². The smallest absolute Gasteiger partial charge is 0.336 e. The van der Waals surface area contributed by atoms with Crippen molar-refractivity contribution in [1.29, 1.82) is 0 Å². The average molecular weight is 176 g/mol. The highest BCUT2D eigenvalue weighted by atomic mass is 19.1. The van der Waals surface area contributed by atoms with Crippen molar-refractivity contribution in [3.8, 4) is 0 Å². The van der Waals surface area contributed by atoms with Crippen molar-refractivity contribution < 1.29 is 18.7 Å². The van der Waals surface area contributed by atoms with E-state index in [2.05, 4.69) is 11.3 Å². The molecule has 0 N–H and O–H groups in total. The van der Waals surface area contributed by atoms with Gasteiger partial charge in [-0.3, -0.25) is 0 Å². The molecule has 0 aliphatic carbocycles. The van der Waals surface area contributed by atoms with Gasteiger partial charge in [-0.2, -0.15) is 0 Å². The summed E-state index contributed by atoms with van der Waals surface area (Å²) in [6.07, 6.45) is 0. The minimum absolute atomic E-state index is 0.145. The van der Waals surface area contributed by atoms with E-state index in [-0.39, 0.29) is 12.2 Å². The summed E-state index contributed by atoms with van der Waals surface area (Å²) in [6, 6.07) is 0. The van der Waals surface area contributed by atoms with Crippen LogP contribution in [0, 0.1) is 0 Å². The Hall–Kier alpha value is -0.900. The van der Waals surface area contributed by atoms with Gasteiger partial charge in [-0.25, -0.2) is 9.18 Å². The molecule has 0 radical (unpaired) electrons. The van der Waals surface area contributed by atoms with E-state index < -0.39 is 12.6 Å². The first-order chi connectivity index (χ1) is 5.72. The Bertz CT molecular complexity index is 156. The molecule has 70 valence electrons. The van der Waals surface area contributed by atoms with E-state index in [1.54, 1.807) is 0 Å². The highest BCUT2D eigenvalue weighted by Crippen LogP contribution is 1.94. The van der Waals surface area contributed by atoms with E-state index in [9.17, 15) is 9.18 Å². The number of esters is 1. The molecule has 4 heteroatoms. The van der Waals surface area contributed by atoms with Gasteiger partial charge < -0.3 is 9.47 Å². The van der Waals surface area contributed by atoms with E-state index in [0.717, 1.165) is 0 Å². The second-order valence-electron chi connectivity index (χ2n) is 2.07. The first-order valence-corrected chi connectivity index (χ1v) is 3.71. The third kappa shape index (κ3) is 4.85.